The van der Waals surface area contributed by atoms with Crippen molar-refractivity contribution < 1.29 is 18.0 Å². The zero-order valence-corrected chi connectivity index (χ0v) is 16.3. The Balaban J connectivity index is 1.85. The van der Waals surface area contributed by atoms with E-state index in [1.165, 1.54) is 19.3 Å². The second kappa shape index (κ2) is 8.38. The first-order chi connectivity index (χ1) is 11.7. The maximum absolute atomic E-state index is 12.2. The van der Waals surface area contributed by atoms with Crippen LogP contribution < -0.4 is 10.6 Å². The van der Waals surface area contributed by atoms with Gasteiger partial charge in [-0.25, -0.2) is 22.3 Å². The molecule has 0 aromatic heterocycles. The minimum Gasteiger partial charge on any atom is -0.335 e. The van der Waals surface area contributed by atoms with Crippen molar-refractivity contribution in [1.82, 2.24) is 14.9 Å². The first-order valence-electron chi connectivity index (χ1n) is 9.31. The molecule has 0 unspecified atom stereocenters. The fraction of sp³-hybridized carbons (Fsp3) is 0.882. The second-order valence-corrected chi connectivity index (χ2v) is 9.48. The van der Waals surface area contributed by atoms with E-state index in [0.717, 1.165) is 35.7 Å². The van der Waals surface area contributed by atoms with Crippen LogP contribution in [0.3, 0.4) is 0 Å². The van der Waals surface area contributed by atoms with E-state index in [-0.39, 0.29) is 12.6 Å². The normalized spacial score (nSPS) is 26.3. The van der Waals surface area contributed by atoms with E-state index in [4.69, 9.17) is 0 Å². The van der Waals surface area contributed by atoms with E-state index in [1.54, 1.807) is 0 Å². The summed E-state index contributed by atoms with van der Waals surface area (Å²) in [4.78, 5) is 24.3. The second-order valence-electron chi connectivity index (χ2n) is 7.57. The molecule has 8 heteroatoms. The molecule has 0 spiro atoms. The average Bonchev–Trinajstić information content (AvgIpc) is 3.12. The van der Waals surface area contributed by atoms with Crippen molar-refractivity contribution in [2.24, 2.45) is 17.8 Å². The molecular formula is C17H31N3O4S. The monoisotopic (exact) mass is 373 g/mol. The Morgan fingerprint density at radius 3 is 2.44 bits per heavy atom. The van der Waals surface area contributed by atoms with Gasteiger partial charge in [-0.1, -0.05) is 26.2 Å². The van der Waals surface area contributed by atoms with Crippen LogP contribution in [0.5, 0.6) is 0 Å². The minimum atomic E-state index is -3.70. The van der Waals surface area contributed by atoms with Crippen LogP contribution in [0.2, 0.25) is 0 Å². The lowest BCUT2D eigenvalue weighted by Gasteiger charge is -2.28. The van der Waals surface area contributed by atoms with Crippen molar-refractivity contribution in [3.63, 3.8) is 0 Å². The SMILES string of the molecule is CCCCCN(C(=O)NC(=O)N[C@@H](C)[C@H]1C[C@H]2CC[C@@H]1C2)S(C)(=O)=O. The van der Waals surface area contributed by atoms with Crippen LogP contribution in [0.15, 0.2) is 0 Å². The lowest BCUT2D eigenvalue weighted by molar-refractivity contribution is 0.207. The number of sulfonamides is 1. The molecule has 0 aliphatic heterocycles. The van der Waals surface area contributed by atoms with Gasteiger partial charge in [0.1, 0.15) is 0 Å². The molecule has 2 bridgehead atoms. The molecule has 2 rings (SSSR count). The van der Waals surface area contributed by atoms with Gasteiger partial charge < -0.3 is 5.32 Å². The van der Waals surface area contributed by atoms with Crippen LogP contribution >= 0.6 is 0 Å². The molecule has 0 aromatic carbocycles. The van der Waals surface area contributed by atoms with Crippen molar-refractivity contribution in [1.29, 1.82) is 0 Å². The van der Waals surface area contributed by atoms with Gasteiger partial charge in [-0.2, -0.15) is 0 Å². The van der Waals surface area contributed by atoms with E-state index >= 15 is 0 Å². The van der Waals surface area contributed by atoms with E-state index in [9.17, 15) is 18.0 Å². The number of amides is 4. The van der Waals surface area contributed by atoms with Crippen LogP contribution in [0.1, 0.15) is 58.8 Å². The molecule has 2 aliphatic rings. The van der Waals surface area contributed by atoms with Crippen molar-refractivity contribution >= 4 is 22.1 Å². The summed E-state index contributed by atoms with van der Waals surface area (Å²) < 4.78 is 24.3. The molecule has 25 heavy (non-hydrogen) atoms. The van der Waals surface area contributed by atoms with Crippen LogP contribution in [-0.2, 0) is 10.0 Å². The van der Waals surface area contributed by atoms with Crippen molar-refractivity contribution in [3.8, 4) is 0 Å². The zero-order chi connectivity index (χ0) is 18.6. The molecule has 0 saturated heterocycles. The summed E-state index contributed by atoms with van der Waals surface area (Å²) in [5, 5.41) is 4.99. The summed E-state index contributed by atoms with van der Waals surface area (Å²) in [5.41, 5.74) is 0. The van der Waals surface area contributed by atoms with Gasteiger partial charge in [-0.15, -0.1) is 0 Å². The summed E-state index contributed by atoms with van der Waals surface area (Å²) in [6.45, 7) is 4.05. The zero-order valence-electron chi connectivity index (χ0n) is 15.5. The van der Waals surface area contributed by atoms with Crippen LogP contribution in [0.4, 0.5) is 9.59 Å². The number of hydrogen-bond donors (Lipinski definition) is 2. The van der Waals surface area contributed by atoms with Crippen LogP contribution in [0, 0.1) is 17.8 Å². The molecule has 144 valence electrons. The quantitative estimate of drug-likeness (QED) is 0.671. The first kappa shape index (κ1) is 20.0. The Kier molecular flexibility index (Phi) is 6.71. The van der Waals surface area contributed by atoms with Crippen LogP contribution in [-0.4, -0.2) is 43.6 Å². The summed E-state index contributed by atoms with van der Waals surface area (Å²) in [5.74, 6) is 1.90. The molecule has 2 fully saturated rings. The molecule has 0 radical (unpaired) electrons. The van der Waals surface area contributed by atoms with Gasteiger partial charge in [-0.05, 0) is 50.4 Å². The standard InChI is InChI=1S/C17H31N3O4S/c1-4-5-6-9-20(25(3,23)24)17(22)19-16(21)18-12(2)15-11-13-7-8-14(15)10-13/h12-15H,4-11H2,1-3H3,(H2,18,19,21,22)/t12-,13-,14+,15+/m0/s1. The maximum Gasteiger partial charge on any atom is 0.339 e. The molecule has 4 amide bonds. The van der Waals surface area contributed by atoms with Gasteiger partial charge in [0.25, 0.3) is 0 Å². The first-order valence-corrected chi connectivity index (χ1v) is 11.2. The predicted octanol–water partition coefficient (Wildman–Crippen LogP) is 2.68. The number of rotatable bonds is 7. The highest BCUT2D eigenvalue weighted by Gasteiger charge is 2.42. The van der Waals surface area contributed by atoms with Gasteiger partial charge in [0, 0.05) is 12.6 Å². The van der Waals surface area contributed by atoms with Crippen molar-refractivity contribution in [2.45, 2.75) is 64.8 Å². The Morgan fingerprint density at radius 2 is 1.92 bits per heavy atom. The number of nitrogens with one attached hydrogen (secondary N) is 2. The van der Waals surface area contributed by atoms with E-state index < -0.39 is 22.1 Å². The topological polar surface area (TPSA) is 95.6 Å². The Labute approximate surface area is 151 Å². The molecule has 0 heterocycles. The van der Waals surface area contributed by atoms with Crippen molar-refractivity contribution in [3.05, 3.63) is 0 Å². The highest BCUT2D eigenvalue weighted by molar-refractivity contribution is 7.88. The lowest BCUT2D eigenvalue weighted by Crippen LogP contribution is -2.52. The summed E-state index contributed by atoms with van der Waals surface area (Å²) >= 11 is 0. The van der Waals surface area contributed by atoms with Gasteiger partial charge in [0.05, 0.1) is 6.26 Å². The predicted molar refractivity (Wildman–Crippen MR) is 96.5 cm³/mol. The highest BCUT2D eigenvalue weighted by Crippen LogP contribution is 2.49. The molecule has 7 nitrogen and oxygen atoms in total. The highest BCUT2D eigenvalue weighted by atomic mass is 32.2. The Bertz CT molecular complexity index is 593. The number of carbonyl (C=O) groups is 2. The number of carbonyl (C=O) groups excluding carboxylic acids is 2. The third-order valence-corrected chi connectivity index (χ3v) is 6.75. The van der Waals surface area contributed by atoms with Crippen LogP contribution in [0.25, 0.3) is 0 Å². The third-order valence-electron chi connectivity index (χ3n) is 5.61. The van der Waals surface area contributed by atoms with Gasteiger partial charge in [0.15, 0.2) is 0 Å². The number of unbranched alkanes of at least 4 members (excludes halogenated alkanes) is 2. The third kappa shape index (κ3) is 5.33. The molecule has 2 saturated carbocycles. The molecule has 0 aromatic rings. The van der Waals surface area contributed by atoms with Gasteiger partial charge >= 0.3 is 12.1 Å². The number of imide groups is 1. The van der Waals surface area contributed by atoms with Gasteiger partial charge in [-0.3, -0.25) is 5.32 Å². The Hall–Kier alpha value is -1.31. The number of hydrogen-bond acceptors (Lipinski definition) is 4. The minimum absolute atomic E-state index is 0.0186. The molecule has 2 N–H and O–H groups in total. The van der Waals surface area contributed by atoms with Gasteiger partial charge in [0.2, 0.25) is 10.0 Å². The van der Waals surface area contributed by atoms with E-state index in [2.05, 4.69) is 10.6 Å². The van der Waals surface area contributed by atoms with Crippen molar-refractivity contribution in [2.75, 3.05) is 12.8 Å². The number of fused-ring (bicyclic) bond motifs is 2. The lowest BCUT2D eigenvalue weighted by atomic mass is 9.84. The molecular weight excluding hydrogens is 342 g/mol. The van der Waals surface area contributed by atoms with E-state index in [0.29, 0.717) is 18.3 Å². The summed E-state index contributed by atoms with van der Waals surface area (Å²) in [7, 11) is -3.70. The largest absolute Gasteiger partial charge is 0.339 e. The fourth-order valence-electron chi connectivity index (χ4n) is 4.34. The number of nitrogens with zero attached hydrogens (tertiary/aromatic N) is 1. The molecule has 4 atom stereocenters. The summed E-state index contributed by atoms with van der Waals surface area (Å²) in [6, 6.07) is -1.52. The smallest absolute Gasteiger partial charge is 0.335 e. The summed E-state index contributed by atoms with van der Waals surface area (Å²) in [6.07, 6.45) is 8.20. The maximum atomic E-state index is 12.2. The Morgan fingerprint density at radius 1 is 1.20 bits per heavy atom. The fourth-order valence-corrected chi connectivity index (χ4v) is 5.15. The number of urea groups is 2. The van der Waals surface area contributed by atoms with E-state index in [1.807, 2.05) is 13.8 Å². The molecule has 2 aliphatic carbocycles. The average molecular weight is 374 g/mol.